The first-order valence-corrected chi connectivity index (χ1v) is 9.25. The molecule has 6 heteroatoms. The molecule has 0 saturated carbocycles. The van der Waals surface area contributed by atoms with Gasteiger partial charge in [-0.3, -0.25) is 9.59 Å². The van der Waals surface area contributed by atoms with Crippen LogP contribution in [-0.4, -0.2) is 21.7 Å². The third kappa shape index (κ3) is 5.60. The second-order valence-corrected chi connectivity index (χ2v) is 7.43. The van der Waals surface area contributed by atoms with Crippen LogP contribution in [0.1, 0.15) is 40.0 Å². The zero-order valence-electron chi connectivity index (χ0n) is 14.5. The van der Waals surface area contributed by atoms with Crippen LogP contribution in [0.25, 0.3) is 10.6 Å². The molecule has 24 heavy (non-hydrogen) atoms. The summed E-state index contributed by atoms with van der Waals surface area (Å²) in [7, 11) is 0. The molecule has 1 amide bonds. The summed E-state index contributed by atoms with van der Waals surface area (Å²) in [5, 5.41) is 9.20. The molecule has 0 aliphatic rings. The second-order valence-electron chi connectivity index (χ2n) is 6.49. The molecule has 5 nitrogen and oxygen atoms in total. The van der Waals surface area contributed by atoms with Crippen molar-refractivity contribution in [2.45, 2.75) is 52.6 Å². The zero-order valence-corrected chi connectivity index (χ0v) is 15.3. The van der Waals surface area contributed by atoms with Crippen molar-refractivity contribution in [3.05, 3.63) is 40.0 Å². The van der Waals surface area contributed by atoms with Crippen LogP contribution in [0.5, 0.6) is 0 Å². The highest BCUT2D eigenvalue weighted by molar-refractivity contribution is 7.13. The van der Waals surface area contributed by atoms with Gasteiger partial charge in [-0.15, -0.1) is 11.3 Å². The highest BCUT2D eigenvalue weighted by Gasteiger charge is 2.11. The molecule has 0 aliphatic carbocycles. The van der Waals surface area contributed by atoms with Gasteiger partial charge in [0, 0.05) is 12.1 Å². The number of amides is 1. The summed E-state index contributed by atoms with van der Waals surface area (Å²) >= 11 is 1.55. The topological polar surface area (TPSA) is 64.0 Å². The molecule has 2 aromatic heterocycles. The van der Waals surface area contributed by atoms with Gasteiger partial charge in [-0.1, -0.05) is 32.8 Å². The molecule has 2 heterocycles. The highest BCUT2D eigenvalue weighted by Crippen LogP contribution is 2.21. The number of nitrogens with one attached hydrogen (secondary N) is 1. The fraction of sp³-hybridized carbons (Fsp3) is 0.500. The quantitative estimate of drug-likeness (QED) is 0.797. The molecular formula is C18H25N3O2S. The van der Waals surface area contributed by atoms with E-state index in [4.69, 9.17) is 0 Å². The summed E-state index contributed by atoms with van der Waals surface area (Å²) in [6, 6.07) is 7.13. The van der Waals surface area contributed by atoms with Gasteiger partial charge in [0.1, 0.15) is 12.2 Å². The summed E-state index contributed by atoms with van der Waals surface area (Å²) in [5.41, 5.74) is 0.445. The smallest absolute Gasteiger partial charge is 0.267 e. The third-order valence-corrected chi connectivity index (χ3v) is 4.65. The number of hydrogen-bond donors (Lipinski definition) is 1. The highest BCUT2D eigenvalue weighted by atomic mass is 32.1. The van der Waals surface area contributed by atoms with Crippen LogP contribution in [0.2, 0.25) is 0 Å². The summed E-state index contributed by atoms with van der Waals surface area (Å²) in [4.78, 5) is 25.1. The van der Waals surface area contributed by atoms with Gasteiger partial charge in [0.05, 0.1) is 4.88 Å². The Morgan fingerprint density at radius 2 is 2.04 bits per heavy atom. The van der Waals surface area contributed by atoms with Crippen LogP contribution < -0.4 is 10.9 Å². The first-order chi connectivity index (χ1) is 11.5. The maximum Gasteiger partial charge on any atom is 0.267 e. The molecule has 2 rings (SSSR count). The van der Waals surface area contributed by atoms with Crippen molar-refractivity contribution < 1.29 is 4.79 Å². The number of rotatable bonds is 8. The molecule has 0 fully saturated rings. The van der Waals surface area contributed by atoms with Gasteiger partial charge in [0.25, 0.3) is 5.56 Å². The van der Waals surface area contributed by atoms with Crippen LogP contribution in [0.15, 0.2) is 34.4 Å². The lowest BCUT2D eigenvalue weighted by atomic mass is 10.0. The van der Waals surface area contributed by atoms with E-state index in [0.717, 1.165) is 24.1 Å². The number of aromatic nitrogens is 2. The summed E-state index contributed by atoms with van der Waals surface area (Å²) in [6.07, 6.45) is 3.19. The van der Waals surface area contributed by atoms with E-state index in [0.29, 0.717) is 11.6 Å². The van der Waals surface area contributed by atoms with E-state index in [1.54, 1.807) is 17.4 Å². The molecule has 0 aliphatic heterocycles. The Balaban J connectivity index is 1.94. The van der Waals surface area contributed by atoms with Crippen molar-refractivity contribution in [1.82, 2.24) is 15.1 Å². The first-order valence-electron chi connectivity index (χ1n) is 8.37. The molecule has 0 unspecified atom stereocenters. The van der Waals surface area contributed by atoms with E-state index in [1.165, 1.54) is 10.7 Å². The van der Waals surface area contributed by atoms with E-state index in [2.05, 4.69) is 24.3 Å². The molecule has 0 radical (unpaired) electrons. The van der Waals surface area contributed by atoms with E-state index in [9.17, 15) is 9.59 Å². The van der Waals surface area contributed by atoms with E-state index >= 15 is 0 Å². The SMILES string of the molecule is CC(C)CCC[C@@H](C)NC(=O)Cn1nc(-c2cccs2)ccc1=O. The third-order valence-electron chi connectivity index (χ3n) is 3.76. The molecule has 0 spiro atoms. The maximum absolute atomic E-state index is 12.2. The standard InChI is InChI=1S/C18H25N3O2S/c1-13(2)6-4-7-14(3)19-17(22)12-21-18(23)10-9-15(20-21)16-8-5-11-24-16/h5,8-11,13-14H,4,6-7,12H2,1-3H3,(H,19,22)/t14-/m1/s1. The monoisotopic (exact) mass is 347 g/mol. The maximum atomic E-state index is 12.2. The fourth-order valence-electron chi connectivity index (χ4n) is 2.48. The minimum absolute atomic E-state index is 0.0490. The van der Waals surface area contributed by atoms with Gasteiger partial charge in [-0.25, -0.2) is 4.68 Å². The van der Waals surface area contributed by atoms with Crippen LogP contribution in [0.3, 0.4) is 0 Å². The van der Waals surface area contributed by atoms with Crippen molar-refractivity contribution in [3.8, 4) is 10.6 Å². The fourth-order valence-corrected chi connectivity index (χ4v) is 3.17. The molecule has 0 bridgehead atoms. The van der Waals surface area contributed by atoms with Gasteiger partial charge < -0.3 is 5.32 Å². The number of carbonyl (C=O) groups excluding carboxylic acids is 1. The van der Waals surface area contributed by atoms with Gasteiger partial charge in [0.15, 0.2) is 0 Å². The molecule has 1 N–H and O–H groups in total. The molecule has 130 valence electrons. The number of carbonyl (C=O) groups is 1. The first kappa shape index (κ1) is 18.4. The second kappa shape index (κ2) is 8.78. The average molecular weight is 347 g/mol. The normalized spacial score (nSPS) is 12.3. The summed E-state index contributed by atoms with van der Waals surface area (Å²) in [5.74, 6) is 0.501. The van der Waals surface area contributed by atoms with Crippen LogP contribution in [0.4, 0.5) is 0 Å². The largest absolute Gasteiger partial charge is 0.352 e. The Kier molecular flexibility index (Phi) is 6.73. The minimum atomic E-state index is -0.266. The van der Waals surface area contributed by atoms with Gasteiger partial charge >= 0.3 is 0 Å². The van der Waals surface area contributed by atoms with Crippen LogP contribution in [-0.2, 0) is 11.3 Å². The molecule has 0 aromatic carbocycles. The van der Waals surface area contributed by atoms with Crippen molar-refractivity contribution in [2.24, 2.45) is 5.92 Å². The molecule has 0 saturated heterocycles. The zero-order chi connectivity index (χ0) is 17.5. The van der Waals surface area contributed by atoms with Gasteiger partial charge in [0.2, 0.25) is 5.91 Å². The number of nitrogens with zero attached hydrogens (tertiary/aromatic N) is 2. The summed E-state index contributed by atoms with van der Waals surface area (Å²) < 4.78 is 1.23. The van der Waals surface area contributed by atoms with E-state index in [-0.39, 0.29) is 24.1 Å². The van der Waals surface area contributed by atoms with Crippen molar-refractivity contribution in [3.63, 3.8) is 0 Å². The van der Waals surface area contributed by atoms with Gasteiger partial charge in [-0.05, 0) is 36.8 Å². The molecule has 1 atom stereocenters. The van der Waals surface area contributed by atoms with E-state index in [1.807, 2.05) is 24.4 Å². The predicted molar refractivity (Wildman–Crippen MR) is 98.1 cm³/mol. The lowest BCUT2D eigenvalue weighted by Gasteiger charge is -2.15. The van der Waals surface area contributed by atoms with Gasteiger partial charge in [-0.2, -0.15) is 5.10 Å². The van der Waals surface area contributed by atoms with Crippen LogP contribution >= 0.6 is 11.3 Å². The number of hydrogen-bond acceptors (Lipinski definition) is 4. The van der Waals surface area contributed by atoms with Crippen molar-refractivity contribution in [1.29, 1.82) is 0 Å². The Bertz CT molecular complexity index is 707. The Morgan fingerprint density at radius 1 is 1.25 bits per heavy atom. The lowest BCUT2D eigenvalue weighted by Crippen LogP contribution is -2.38. The average Bonchev–Trinajstić information content (AvgIpc) is 3.03. The van der Waals surface area contributed by atoms with Crippen molar-refractivity contribution in [2.75, 3.05) is 0 Å². The number of thiophene rings is 1. The minimum Gasteiger partial charge on any atom is -0.352 e. The molecule has 2 aromatic rings. The van der Waals surface area contributed by atoms with Crippen molar-refractivity contribution >= 4 is 17.2 Å². The Labute approximate surface area is 146 Å². The predicted octanol–water partition coefficient (Wildman–Crippen LogP) is 3.30. The summed E-state index contributed by atoms with van der Waals surface area (Å²) in [6.45, 7) is 6.34. The lowest BCUT2D eigenvalue weighted by molar-refractivity contribution is -0.122. The Morgan fingerprint density at radius 3 is 2.71 bits per heavy atom. The van der Waals surface area contributed by atoms with E-state index < -0.39 is 0 Å². The van der Waals surface area contributed by atoms with Crippen LogP contribution in [0, 0.1) is 5.92 Å². The Hall–Kier alpha value is -1.95. The molecular weight excluding hydrogens is 322 g/mol.